The van der Waals surface area contributed by atoms with Gasteiger partial charge < -0.3 is 9.64 Å². The van der Waals surface area contributed by atoms with E-state index in [2.05, 4.69) is 11.8 Å². The second kappa shape index (κ2) is 11.9. The fourth-order valence-electron chi connectivity index (χ4n) is 1.68. The zero-order chi connectivity index (χ0) is 12.9. The zero-order valence-electron chi connectivity index (χ0n) is 11.8. The van der Waals surface area contributed by atoms with Crippen LogP contribution in [0.25, 0.3) is 0 Å². The number of nitrogens with zero attached hydrogens (tertiary/aromatic N) is 1. The van der Waals surface area contributed by atoms with Crippen LogP contribution in [-0.2, 0) is 9.53 Å². The number of carbonyl (C=O) groups excluding carboxylic acids is 1. The molecule has 0 radical (unpaired) electrons. The van der Waals surface area contributed by atoms with Crippen molar-refractivity contribution in [3.63, 3.8) is 0 Å². The predicted octanol–water partition coefficient (Wildman–Crippen LogP) is 3.23. The van der Waals surface area contributed by atoms with Crippen molar-refractivity contribution in [2.75, 3.05) is 27.2 Å². The first-order valence-electron chi connectivity index (χ1n) is 6.97. The summed E-state index contributed by atoms with van der Waals surface area (Å²) in [5.41, 5.74) is 0. The molecule has 0 spiro atoms. The summed E-state index contributed by atoms with van der Waals surface area (Å²) >= 11 is 0. The Morgan fingerprint density at radius 1 is 1.00 bits per heavy atom. The number of carbonyl (C=O) groups is 1. The van der Waals surface area contributed by atoms with Crippen LogP contribution < -0.4 is 0 Å². The molecule has 0 amide bonds. The Morgan fingerprint density at radius 3 is 2.29 bits per heavy atom. The van der Waals surface area contributed by atoms with Crippen LogP contribution in [0.3, 0.4) is 0 Å². The van der Waals surface area contributed by atoms with Crippen LogP contribution in [0.5, 0.6) is 0 Å². The molecule has 0 aliphatic rings. The van der Waals surface area contributed by atoms with Gasteiger partial charge in [0.2, 0.25) is 0 Å². The third-order valence-electron chi connectivity index (χ3n) is 2.75. The zero-order valence-corrected chi connectivity index (χ0v) is 11.8. The van der Waals surface area contributed by atoms with Crippen LogP contribution in [0, 0.1) is 0 Å². The van der Waals surface area contributed by atoms with Gasteiger partial charge in [0, 0.05) is 6.42 Å². The molecule has 0 fully saturated rings. The summed E-state index contributed by atoms with van der Waals surface area (Å²) in [6.45, 7) is 3.77. The average Bonchev–Trinajstić information content (AvgIpc) is 2.27. The number of unbranched alkanes of at least 4 members (excludes halogenated alkanes) is 5. The van der Waals surface area contributed by atoms with Gasteiger partial charge in [-0.05, 0) is 33.5 Å². The summed E-state index contributed by atoms with van der Waals surface area (Å²) in [6, 6.07) is 0. The second-order valence-corrected chi connectivity index (χ2v) is 4.90. The summed E-state index contributed by atoms with van der Waals surface area (Å²) in [7, 11) is 4.03. The van der Waals surface area contributed by atoms with Crippen molar-refractivity contribution in [3.05, 3.63) is 0 Å². The lowest BCUT2D eigenvalue weighted by molar-refractivity contribution is -0.143. The van der Waals surface area contributed by atoms with E-state index in [0.29, 0.717) is 13.0 Å². The van der Waals surface area contributed by atoms with Crippen molar-refractivity contribution in [1.82, 2.24) is 4.90 Å². The highest BCUT2D eigenvalue weighted by atomic mass is 16.5. The predicted molar refractivity (Wildman–Crippen MR) is 72.1 cm³/mol. The van der Waals surface area contributed by atoms with Gasteiger partial charge in [0.05, 0.1) is 6.61 Å². The maximum Gasteiger partial charge on any atom is 0.305 e. The highest BCUT2D eigenvalue weighted by Crippen LogP contribution is 2.05. The van der Waals surface area contributed by atoms with Gasteiger partial charge in [0.15, 0.2) is 0 Å². The molecule has 0 aliphatic carbocycles. The van der Waals surface area contributed by atoms with Gasteiger partial charge in [-0.15, -0.1) is 0 Å². The van der Waals surface area contributed by atoms with Crippen LogP contribution in [-0.4, -0.2) is 38.1 Å². The van der Waals surface area contributed by atoms with Gasteiger partial charge >= 0.3 is 5.97 Å². The Bertz CT molecular complexity index is 181. The Kier molecular flexibility index (Phi) is 11.5. The van der Waals surface area contributed by atoms with E-state index in [4.69, 9.17) is 4.74 Å². The van der Waals surface area contributed by atoms with Gasteiger partial charge in [0.1, 0.15) is 0 Å². The smallest absolute Gasteiger partial charge is 0.305 e. The molecular weight excluding hydrogens is 214 g/mol. The lowest BCUT2D eigenvalue weighted by Gasteiger charge is -2.08. The maximum atomic E-state index is 11.3. The summed E-state index contributed by atoms with van der Waals surface area (Å²) in [6.07, 6.45) is 8.83. The first-order valence-corrected chi connectivity index (χ1v) is 6.97. The summed E-state index contributed by atoms with van der Waals surface area (Å²) in [4.78, 5) is 13.4. The lowest BCUT2D eigenvalue weighted by atomic mass is 10.1. The van der Waals surface area contributed by atoms with E-state index in [9.17, 15) is 4.79 Å². The molecule has 0 aromatic heterocycles. The van der Waals surface area contributed by atoms with E-state index in [0.717, 1.165) is 19.4 Å². The van der Waals surface area contributed by atoms with Crippen molar-refractivity contribution >= 4 is 5.97 Å². The lowest BCUT2D eigenvalue weighted by Crippen LogP contribution is -2.15. The Labute approximate surface area is 107 Å². The minimum Gasteiger partial charge on any atom is -0.466 e. The molecular formula is C14H29NO2. The average molecular weight is 243 g/mol. The second-order valence-electron chi connectivity index (χ2n) is 4.90. The van der Waals surface area contributed by atoms with Crippen molar-refractivity contribution in [2.45, 2.75) is 58.3 Å². The molecule has 0 saturated heterocycles. The topological polar surface area (TPSA) is 29.5 Å². The third-order valence-corrected chi connectivity index (χ3v) is 2.75. The molecule has 17 heavy (non-hydrogen) atoms. The molecule has 0 saturated carbocycles. The van der Waals surface area contributed by atoms with Crippen molar-refractivity contribution in [1.29, 1.82) is 0 Å². The van der Waals surface area contributed by atoms with Crippen LogP contribution in [0.15, 0.2) is 0 Å². The Morgan fingerprint density at radius 2 is 1.65 bits per heavy atom. The largest absolute Gasteiger partial charge is 0.466 e. The van der Waals surface area contributed by atoms with Crippen LogP contribution in [0.1, 0.15) is 58.3 Å². The SMILES string of the molecule is CCCCCCCCOC(=O)CCCN(C)C. The van der Waals surface area contributed by atoms with Crippen LogP contribution in [0.2, 0.25) is 0 Å². The van der Waals surface area contributed by atoms with E-state index in [1.165, 1.54) is 32.1 Å². The van der Waals surface area contributed by atoms with E-state index in [1.54, 1.807) is 0 Å². The summed E-state index contributed by atoms with van der Waals surface area (Å²) in [5.74, 6) is -0.0413. The highest BCUT2D eigenvalue weighted by Gasteiger charge is 2.02. The molecule has 3 heteroatoms. The number of esters is 1. The van der Waals surface area contributed by atoms with Gasteiger partial charge in [-0.25, -0.2) is 0 Å². The number of ether oxygens (including phenoxy) is 1. The monoisotopic (exact) mass is 243 g/mol. The number of hydrogen-bond acceptors (Lipinski definition) is 3. The molecule has 102 valence electrons. The summed E-state index contributed by atoms with van der Waals surface area (Å²) in [5, 5.41) is 0. The first-order chi connectivity index (χ1) is 8.16. The number of hydrogen-bond donors (Lipinski definition) is 0. The van der Waals surface area contributed by atoms with Crippen LogP contribution >= 0.6 is 0 Å². The van der Waals surface area contributed by atoms with Crippen molar-refractivity contribution < 1.29 is 9.53 Å². The first kappa shape index (κ1) is 16.4. The molecule has 0 aromatic carbocycles. The summed E-state index contributed by atoms with van der Waals surface area (Å²) < 4.78 is 5.17. The minimum absolute atomic E-state index is 0.0413. The minimum atomic E-state index is -0.0413. The molecule has 0 unspecified atom stereocenters. The van der Waals surface area contributed by atoms with E-state index < -0.39 is 0 Å². The third kappa shape index (κ3) is 13.4. The number of rotatable bonds is 11. The molecule has 0 aliphatic heterocycles. The van der Waals surface area contributed by atoms with Gasteiger partial charge in [-0.3, -0.25) is 4.79 Å². The van der Waals surface area contributed by atoms with Gasteiger partial charge in [-0.2, -0.15) is 0 Å². The standard InChI is InChI=1S/C14H29NO2/c1-4-5-6-7-8-9-13-17-14(16)11-10-12-15(2)3/h4-13H2,1-3H3. The van der Waals surface area contributed by atoms with Gasteiger partial charge in [-0.1, -0.05) is 39.0 Å². The Balaban J connectivity index is 3.16. The van der Waals surface area contributed by atoms with E-state index in [1.807, 2.05) is 14.1 Å². The molecule has 0 aromatic rings. The fourth-order valence-corrected chi connectivity index (χ4v) is 1.68. The normalized spacial score (nSPS) is 10.8. The quantitative estimate of drug-likeness (QED) is 0.412. The molecule has 0 atom stereocenters. The van der Waals surface area contributed by atoms with Crippen molar-refractivity contribution in [3.8, 4) is 0 Å². The molecule has 0 N–H and O–H groups in total. The van der Waals surface area contributed by atoms with Gasteiger partial charge in [0.25, 0.3) is 0 Å². The molecule has 0 bridgehead atoms. The molecule has 3 nitrogen and oxygen atoms in total. The highest BCUT2D eigenvalue weighted by molar-refractivity contribution is 5.69. The van der Waals surface area contributed by atoms with Crippen molar-refractivity contribution in [2.24, 2.45) is 0 Å². The maximum absolute atomic E-state index is 11.3. The molecule has 0 heterocycles. The van der Waals surface area contributed by atoms with Crippen LogP contribution in [0.4, 0.5) is 0 Å². The Hall–Kier alpha value is -0.570. The molecule has 0 rings (SSSR count). The fraction of sp³-hybridized carbons (Fsp3) is 0.929. The van der Waals surface area contributed by atoms with E-state index in [-0.39, 0.29) is 5.97 Å². The van der Waals surface area contributed by atoms with E-state index >= 15 is 0 Å².